The Morgan fingerprint density at radius 1 is 1.12 bits per heavy atom. The van der Waals surface area contributed by atoms with Gasteiger partial charge in [0.15, 0.2) is 0 Å². The first-order valence-electron chi connectivity index (χ1n) is 6.14. The van der Waals surface area contributed by atoms with Crippen molar-refractivity contribution in [2.75, 3.05) is 33.2 Å². The van der Waals surface area contributed by atoms with Crippen LogP contribution in [0.3, 0.4) is 0 Å². The number of rotatable bonds is 2. The van der Waals surface area contributed by atoms with Gasteiger partial charge in [0.25, 0.3) is 0 Å². The van der Waals surface area contributed by atoms with Gasteiger partial charge >= 0.3 is 0 Å². The molecule has 1 aliphatic rings. The maximum atomic E-state index is 13.5. The standard InChI is InChI=1S/C13H19FN2/c1-15-7-4-8-16(10-9-15)11-12-5-2-3-6-13(12)14/h2-3,5-6H,4,7-11H2,1H3/p+2. The van der Waals surface area contributed by atoms with Crippen molar-refractivity contribution in [1.82, 2.24) is 0 Å². The van der Waals surface area contributed by atoms with Crippen LogP contribution in [0.4, 0.5) is 4.39 Å². The van der Waals surface area contributed by atoms with Crippen LogP contribution in [0.1, 0.15) is 12.0 Å². The van der Waals surface area contributed by atoms with E-state index in [1.807, 2.05) is 12.1 Å². The first-order chi connectivity index (χ1) is 7.75. The average Bonchev–Trinajstić information content (AvgIpc) is 2.47. The topological polar surface area (TPSA) is 8.88 Å². The molecule has 2 rings (SSSR count). The molecular weight excluding hydrogens is 203 g/mol. The van der Waals surface area contributed by atoms with Gasteiger partial charge in [-0.05, 0) is 6.07 Å². The van der Waals surface area contributed by atoms with E-state index >= 15 is 0 Å². The number of benzene rings is 1. The Balaban J connectivity index is 1.96. The molecule has 1 saturated heterocycles. The van der Waals surface area contributed by atoms with E-state index in [4.69, 9.17) is 0 Å². The van der Waals surface area contributed by atoms with Crippen molar-refractivity contribution in [3.63, 3.8) is 0 Å². The molecule has 0 aliphatic carbocycles. The number of hydrogen-bond donors (Lipinski definition) is 2. The fourth-order valence-corrected chi connectivity index (χ4v) is 2.37. The Bertz CT molecular complexity index is 340. The SMILES string of the molecule is C[NH+]1CCC[NH+](Cc2ccccc2F)CC1. The van der Waals surface area contributed by atoms with E-state index < -0.39 is 0 Å². The third-order valence-electron chi connectivity index (χ3n) is 3.44. The third kappa shape index (κ3) is 3.03. The lowest BCUT2D eigenvalue weighted by atomic mass is 10.2. The van der Waals surface area contributed by atoms with Gasteiger partial charge in [-0.25, -0.2) is 4.39 Å². The van der Waals surface area contributed by atoms with Crippen LogP contribution in [0.5, 0.6) is 0 Å². The number of halogens is 1. The van der Waals surface area contributed by atoms with Gasteiger partial charge in [-0.2, -0.15) is 0 Å². The summed E-state index contributed by atoms with van der Waals surface area (Å²) in [6.45, 7) is 5.61. The number of nitrogens with one attached hydrogen (secondary N) is 2. The van der Waals surface area contributed by atoms with E-state index in [-0.39, 0.29) is 5.82 Å². The van der Waals surface area contributed by atoms with Crippen LogP contribution in [0.15, 0.2) is 24.3 Å². The van der Waals surface area contributed by atoms with Crippen molar-refractivity contribution in [3.8, 4) is 0 Å². The Labute approximate surface area is 96.7 Å². The molecule has 1 fully saturated rings. The highest BCUT2D eigenvalue weighted by molar-refractivity contribution is 5.15. The van der Waals surface area contributed by atoms with Crippen molar-refractivity contribution < 1.29 is 14.2 Å². The summed E-state index contributed by atoms with van der Waals surface area (Å²) in [5, 5.41) is 0. The van der Waals surface area contributed by atoms with Crippen LogP contribution in [-0.4, -0.2) is 33.2 Å². The molecular formula is C13H21FN2+2. The molecule has 1 aromatic rings. The van der Waals surface area contributed by atoms with Crippen LogP contribution >= 0.6 is 0 Å². The van der Waals surface area contributed by atoms with Crippen molar-refractivity contribution in [1.29, 1.82) is 0 Å². The predicted octanol–water partition coefficient (Wildman–Crippen LogP) is -0.871. The largest absolute Gasteiger partial charge is 0.333 e. The highest BCUT2D eigenvalue weighted by Crippen LogP contribution is 2.04. The zero-order valence-corrected chi connectivity index (χ0v) is 9.93. The van der Waals surface area contributed by atoms with Gasteiger partial charge in [0.05, 0.1) is 20.1 Å². The molecule has 0 saturated carbocycles. The molecule has 0 radical (unpaired) electrons. The van der Waals surface area contributed by atoms with E-state index in [0.29, 0.717) is 0 Å². The first-order valence-corrected chi connectivity index (χ1v) is 6.14. The molecule has 0 aromatic heterocycles. The van der Waals surface area contributed by atoms with E-state index in [2.05, 4.69) is 7.05 Å². The van der Waals surface area contributed by atoms with Gasteiger partial charge in [-0.15, -0.1) is 0 Å². The quantitative estimate of drug-likeness (QED) is 0.646. The monoisotopic (exact) mass is 224 g/mol. The van der Waals surface area contributed by atoms with Crippen LogP contribution in [0.2, 0.25) is 0 Å². The highest BCUT2D eigenvalue weighted by atomic mass is 19.1. The Morgan fingerprint density at radius 2 is 1.94 bits per heavy atom. The second kappa shape index (κ2) is 5.41. The van der Waals surface area contributed by atoms with Crippen LogP contribution < -0.4 is 9.80 Å². The van der Waals surface area contributed by atoms with E-state index in [0.717, 1.165) is 18.7 Å². The van der Waals surface area contributed by atoms with Gasteiger partial charge in [0.1, 0.15) is 25.5 Å². The van der Waals surface area contributed by atoms with Crippen molar-refractivity contribution in [2.24, 2.45) is 0 Å². The van der Waals surface area contributed by atoms with Crippen LogP contribution in [0.25, 0.3) is 0 Å². The third-order valence-corrected chi connectivity index (χ3v) is 3.44. The molecule has 1 aliphatic heterocycles. The van der Waals surface area contributed by atoms with E-state index in [1.54, 1.807) is 17.0 Å². The Hall–Kier alpha value is -0.930. The van der Waals surface area contributed by atoms with Crippen molar-refractivity contribution in [3.05, 3.63) is 35.6 Å². The van der Waals surface area contributed by atoms with E-state index in [9.17, 15) is 4.39 Å². The normalized spacial score (nSPS) is 26.4. The highest BCUT2D eigenvalue weighted by Gasteiger charge is 2.18. The molecule has 2 N–H and O–H groups in total. The lowest BCUT2D eigenvalue weighted by Crippen LogP contribution is -3.15. The Morgan fingerprint density at radius 3 is 2.75 bits per heavy atom. The Kier molecular flexibility index (Phi) is 3.91. The summed E-state index contributed by atoms with van der Waals surface area (Å²) in [5.74, 6) is -0.0556. The molecule has 0 spiro atoms. The fraction of sp³-hybridized carbons (Fsp3) is 0.538. The molecule has 2 nitrogen and oxygen atoms in total. The van der Waals surface area contributed by atoms with E-state index in [1.165, 1.54) is 31.0 Å². The number of quaternary nitrogens is 2. The summed E-state index contributed by atoms with van der Waals surface area (Å²) in [6.07, 6.45) is 1.25. The van der Waals surface area contributed by atoms with Gasteiger partial charge < -0.3 is 9.80 Å². The van der Waals surface area contributed by atoms with Gasteiger partial charge in [0.2, 0.25) is 0 Å². The summed E-state index contributed by atoms with van der Waals surface area (Å²) in [5.41, 5.74) is 0.858. The summed E-state index contributed by atoms with van der Waals surface area (Å²) in [7, 11) is 2.24. The average molecular weight is 224 g/mol. The van der Waals surface area contributed by atoms with Crippen LogP contribution in [-0.2, 0) is 6.54 Å². The minimum Gasteiger partial charge on any atom is -0.333 e. The maximum absolute atomic E-state index is 13.5. The molecule has 2 atom stereocenters. The molecule has 1 aromatic carbocycles. The van der Waals surface area contributed by atoms with Crippen LogP contribution in [0, 0.1) is 5.82 Å². The van der Waals surface area contributed by atoms with Crippen molar-refractivity contribution in [2.45, 2.75) is 13.0 Å². The smallest absolute Gasteiger partial charge is 0.132 e. The molecule has 1 heterocycles. The zero-order valence-electron chi connectivity index (χ0n) is 9.93. The first kappa shape index (κ1) is 11.6. The molecule has 0 amide bonds. The summed E-state index contributed by atoms with van der Waals surface area (Å²) in [6, 6.07) is 7.15. The van der Waals surface area contributed by atoms with Crippen molar-refractivity contribution >= 4 is 0 Å². The van der Waals surface area contributed by atoms with Gasteiger partial charge in [-0.1, -0.05) is 18.2 Å². The molecule has 88 valence electrons. The molecule has 3 heteroatoms. The van der Waals surface area contributed by atoms with Gasteiger partial charge in [-0.3, -0.25) is 0 Å². The summed E-state index contributed by atoms with van der Waals surface area (Å²) in [4.78, 5) is 3.12. The minimum absolute atomic E-state index is 0.0556. The number of likely N-dealkylation sites (N-methyl/N-ethyl adjacent to an activating group) is 1. The second-order valence-corrected chi connectivity index (χ2v) is 4.83. The molecule has 16 heavy (non-hydrogen) atoms. The predicted molar refractivity (Wildman–Crippen MR) is 62.0 cm³/mol. The maximum Gasteiger partial charge on any atom is 0.132 e. The lowest BCUT2D eigenvalue weighted by Gasteiger charge is -2.16. The lowest BCUT2D eigenvalue weighted by molar-refractivity contribution is -0.938. The van der Waals surface area contributed by atoms with Gasteiger partial charge in [0, 0.05) is 12.0 Å². The minimum atomic E-state index is -0.0556. The fourth-order valence-electron chi connectivity index (χ4n) is 2.37. The number of hydrogen-bond acceptors (Lipinski definition) is 0. The molecule has 0 bridgehead atoms. The summed E-state index contributed by atoms with van der Waals surface area (Å²) >= 11 is 0. The summed E-state index contributed by atoms with van der Waals surface area (Å²) < 4.78 is 13.5. The second-order valence-electron chi connectivity index (χ2n) is 4.83. The zero-order chi connectivity index (χ0) is 11.4. The molecule has 2 unspecified atom stereocenters.